The van der Waals surface area contributed by atoms with E-state index in [2.05, 4.69) is 0 Å². The van der Waals surface area contributed by atoms with Crippen molar-refractivity contribution >= 4 is 17.4 Å². The Labute approximate surface area is 106 Å². The number of benzene rings is 1. The first kappa shape index (κ1) is 12.2. The van der Waals surface area contributed by atoms with E-state index in [-0.39, 0.29) is 11.7 Å². The summed E-state index contributed by atoms with van der Waals surface area (Å²) in [6.45, 7) is 1.98. The summed E-state index contributed by atoms with van der Waals surface area (Å²) in [5, 5.41) is 0.707. The topological polar surface area (TPSA) is 26.3 Å². The second-order valence-electron chi connectivity index (χ2n) is 4.45. The molecule has 1 aliphatic rings. The highest BCUT2D eigenvalue weighted by molar-refractivity contribution is 6.31. The molecule has 17 heavy (non-hydrogen) atoms. The molecule has 1 unspecified atom stereocenters. The second-order valence-corrected chi connectivity index (χ2v) is 4.86. The molecule has 0 saturated heterocycles. The molecule has 0 saturated carbocycles. The molecule has 90 valence electrons. The number of carbonyl (C=O) groups is 1. The van der Waals surface area contributed by atoms with Crippen LogP contribution in [0.5, 0.6) is 5.75 Å². The zero-order valence-corrected chi connectivity index (χ0v) is 10.8. The lowest BCUT2D eigenvalue weighted by molar-refractivity contribution is -0.115. The molecule has 0 bridgehead atoms. The van der Waals surface area contributed by atoms with E-state index in [1.807, 2.05) is 25.1 Å². The Bertz CT molecular complexity index is 477. The molecule has 0 heterocycles. The average Bonchev–Trinajstić information content (AvgIpc) is 2.28. The Hall–Kier alpha value is -1.28. The Balaban J connectivity index is 2.34. The zero-order chi connectivity index (χ0) is 12.4. The standard InChI is InChI=1S/C14H15ClO2/c1-9-5-10(7-11(16)6-9)13-8-12(17-2)3-4-14(13)15/h3-4,6,8,10H,5,7H2,1-2H3. The lowest BCUT2D eigenvalue weighted by Gasteiger charge is -2.22. The van der Waals surface area contributed by atoms with Crippen molar-refractivity contribution in [1.82, 2.24) is 0 Å². The minimum atomic E-state index is 0.176. The Kier molecular flexibility index (Phi) is 3.53. The lowest BCUT2D eigenvalue weighted by Crippen LogP contribution is -2.12. The zero-order valence-electron chi connectivity index (χ0n) is 10.00. The van der Waals surface area contributed by atoms with Gasteiger partial charge in [0.15, 0.2) is 5.78 Å². The van der Waals surface area contributed by atoms with Gasteiger partial charge in [-0.2, -0.15) is 0 Å². The summed E-state index contributed by atoms with van der Waals surface area (Å²) in [5.74, 6) is 1.14. The molecule has 0 aliphatic heterocycles. The van der Waals surface area contributed by atoms with E-state index in [0.29, 0.717) is 11.4 Å². The molecule has 0 N–H and O–H groups in total. The van der Waals surface area contributed by atoms with Gasteiger partial charge in [-0.3, -0.25) is 4.79 Å². The van der Waals surface area contributed by atoms with Crippen molar-refractivity contribution < 1.29 is 9.53 Å². The number of rotatable bonds is 2. The van der Waals surface area contributed by atoms with Crippen molar-refractivity contribution in [2.75, 3.05) is 7.11 Å². The van der Waals surface area contributed by atoms with Gasteiger partial charge >= 0.3 is 0 Å². The van der Waals surface area contributed by atoms with Crippen LogP contribution in [0, 0.1) is 0 Å². The number of methoxy groups -OCH3 is 1. The molecule has 1 atom stereocenters. The number of hydrogen-bond acceptors (Lipinski definition) is 2. The summed E-state index contributed by atoms with van der Waals surface area (Å²) in [6.07, 6.45) is 3.15. The van der Waals surface area contributed by atoms with Gasteiger partial charge in [-0.05, 0) is 49.1 Å². The van der Waals surface area contributed by atoms with Gasteiger partial charge in [-0.1, -0.05) is 17.2 Å². The van der Waals surface area contributed by atoms with Crippen molar-refractivity contribution in [2.24, 2.45) is 0 Å². The number of hydrogen-bond donors (Lipinski definition) is 0. The minimum Gasteiger partial charge on any atom is -0.497 e. The molecule has 3 heteroatoms. The molecule has 0 amide bonds. The van der Waals surface area contributed by atoms with Crippen LogP contribution in [0.1, 0.15) is 31.2 Å². The van der Waals surface area contributed by atoms with Gasteiger partial charge in [0.25, 0.3) is 0 Å². The third-order valence-corrected chi connectivity index (χ3v) is 3.41. The van der Waals surface area contributed by atoms with E-state index < -0.39 is 0 Å². The predicted molar refractivity (Wildman–Crippen MR) is 68.7 cm³/mol. The average molecular weight is 251 g/mol. The smallest absolute Gasteiger partial charge is 0.156 e. The number of ketones is 1. The van der Waals surface area contributed by atoms with Gasteiger partial charge in [0.05, 0.1) is 7.11 Å². The van der Waals surface area contributed by atoms with E-state index in [1.165, 1.54) is 0 Å². The molecule has 0 aromatic heterocycles. The highest BCUT2D eigenvalue weighted by Gasteiger charge is 2.22. The molecular weight excluding hydrogens is 236 g/mol. The molecule has 2 rings (SSSR count). The maximum atomic E-state index is 11.6. The van der Waals surface area contributed by atoms with E-state index in [9.17, 15) is 4.79 Å². The molecule has 1 aliphatic carbocycles. The monoisotopic (exact) mass is 250 g/mol. The van der Waals surface area contributed by atoms with Gasteiger partial charge in [-0.25, -0.2) is 0 Å². The lowest BCUT2D eigenvalue weighted by atomic mass is 9.83. The molecule has 0 spiro atoms. The minimum absolute atomic E-state index is 0.176. The van der Waals surface area contributed by atoms with Gasteiger partial charge in [-0.15, -0.1) is 0 Å². The third-order valence-electron chi connectivity index (χ3n) is 3.07. The SMILES string of the molecule is COc1ccc(Cl)c(C2CC(=O)C=C(C)C2)c1. The van der Waals surface area contributed by atoms with Gasteiger partial charge in [0.2, 0.25) is 0 Å². The van der Waals surface area contributed by atoms with Crippen molar-refractivity contribution in [3.63, 3.8) is 0 Å². The fourth-order valence-electron chi connectivity index (χ4n) is 2.28. The number of halogens is 1. The Morgan fingerprint density at radius 1 is 1.35 bits per heavy atom. The molecule has 2 nitrogen and oxygen atoms in total. The van der Waals surface area contributed by atoms with E-state index in [4.69, 9.17) is 16.3 Å². The van der Waals surface area contributed by atoms with E-state index in [0.717, 1.165) is 23.3 Å². The normalized spacial score (nSPS) is 20.1. The van der Waals surface area contributed by atoms with Crippen molar-refractivity contribution in [3.05, 3.63) is 40.4 Å². The highest BCUT2D eigenvalue weighted by atomic mass is 35.5. The molecule has 1 aromatic carbocycles. The number of ether oxygens (including phenoxy) is 1. The van der Waals surface area contributed by atoms with Crippen molar-refractivity contribution in [1.29, 1.82) is 0 Å². The van der Waals surface area contributed by atoms with E-state index >= 15 is 0 Å². The number of carbonyl (C=O) groups excluding carboxylic acids is 1. The second kappa shape index (κ2) is 4.92. The summed E-state index contributed by atoms with van der Waals surface area (Å²) in [4.78, 5) is 11.6. The fourth-order valence-corrected chi connectivity index (χ4v) is 2.55. The summed E-state index contributed by atoms with van der Waals surface area (Å²) in [6, 6.07) is 5.59. The molecule has 0 radical (unpaired) electrons. The van der Waals surface area contributed by atoms with Crippen LogP contribution < -0.4 is 4.74 Å². The predicted octanol–water partition coefficient (Wildman–Crippen LogP) is 3.74. The van der Waals surface area contributed by atoms with Crippen LogP contribution in [-0.4, -0.2) is 12.9 Å². The first-order valence-electron chi connectivity index (χ1n) is 5.63. The quantitative estimate of drug-likeness (QED) is 0.799. The highest BCUT2D eigenvalue weighted by Crippen LogP contribution is 2.36. The first-order valence-corrected chi connectivity index (χ1v) is 6.01. The van der Waals surface area contributed by atoms with Crippen LogP contribution in [0.3, 0.4) is 0 Å². The van der Waals surface area contributed by atoms with Crippen LogP contribution in [-0.2, 0) is 4.79 Å². The third kappa shape index (κ3) is 2.70. The van der Waals surface area contributed by atoms with E-state index in [1.54, 1.807) is 13.2 Å². The Morgan fingerprint density at radius 3 is 2.76 bits per heavy atom. The molecular formula is C14H15ClO2. The fraction of sp³-hybridized carbons (Fsp3) is 0.357. The van der Waals surface area contributed by atoms with Crippen LogP contribution >= 0.6 is 11.6 Å². The largest absolute Gasteiger partial charge is 0.497 e. The summed E-state index contributed by atoms with van der Waals surface area (Å²) in [5.41, 5.74) is 2.12. The van der Waals surface area contributed by atoms with Crippen LogP contribution in [0.2, 0.25) is 5.02 Å². The van der Waals surface area contributed by atoms with Gasteiger partial charge in [0.1, 0.15) is 5.75 Å². The maximum Gasteiger partial charge on any atom is 0.156 e. The van der Waals surface area contributed by atoms with Crippen molar-refractivity contribution in [2.45, 2.75) is 25.7 Å². The van der Waals surface area contributed by atoms with Crippen molar-refractivity contribution in [3.8, 4) is 5.75 Å². The molecule has 1 aromatic rings. The summed E-state index contributed by atoms with van der Waals surface area (Å²) in [7, 11) is 1.63. The van der Waals surface area contributed by atoms with Crippen LogP contribution in [0.25, 0.3) is 0 Å². The van der Waals surface area contributed by atoms with Gasteiger partial charge in [0, 0.05) is 11.4 Å². The number of allylic oxidation sites excluding steroid dienone is 2. The van der Waals surface area contributed by atoms with Crippen LogP contribution in [0.4, 0.5) is 0 Å². The van der Waals surface area contributed by atoms with Crippen LogP contribution in [0.15, 0.2) is 29.8 Å². The first-order chi connectivity index (χ1) is 8.10. The Morgan fingerprint density at radius 2 is 2.12 bits per heavy atom. The summed E-state index contributed by atoms with van der Waals surface area (Å²) >= 11 is 6.20. The molecule has 0 fully saturated rings. The summed E-state index contributed by atoms with van der Waals surface area (Å²) < 4.78 is 5.20. The maximum absolute atomic E-state index is 11.6. The van der Waals surface area contributed by atoms with Gasteiger partial charge < -0.3 is 4.74 Å².